The van der Waals surface area contributed by atoms with Crippen molar-refractivity contribution in [2.75, 3.05) is 0 Å². The molecule has 3 unspecified atom stereocenters. The van der Waals surface area contributed by atoms with Crippen molar-refractivity contribution in [3.63, 3.8) is 0 Å². The minimum absolute atomic E-state index is 0.170. The predicted octanol–water partition coefficient (Wildman–Crippen LogP) is 3.74. The van der Waals surface area contributed by atoms with Crippen LogP contribution in [0, 0.1) is 29.1 Å². The van der Waals surface area contributed by atoms with Gasteiger partial charge in [0.05, 0.1) is 11.7 Å². The molecule has 9 atom stereocenters. The number of aliphatic hydroxyl groups excluding tert-OH is 1. The molecule has 2 fully saturated rings. The summed E-state index contributed by atoms with van der Waals surface area (Å²) in [5.74, 6) is -1.75. The third-order valence-corrected chi connectivity index (χ3v) is 8.43. The van der Waals surface area contributed by atoms with Gasteiger partial charge in [-0.2, -0.15) is 0 Å². The van der Waals surface area contributed by atoms with Gasteiger partial charge in [0.2, 0.25) is 5.91 Å². The Morgan fingerprint density at radius 2 is 1.92 bits per heavy atom. The zero-order chi connectivity index (χ0) is 26.3. The van der Waals surface area contributed by atoms with E-state index in [2.05, 4.69) is 18.8 Å². The SMILES string of the molecule is C=C1[C@@H](C)C2[C@H](Cc3ccccc3)NC(=O)[C@@]23C(/C=C/CC(C)C[C@@](C)(O)C=C[C@H]3OC(C)=O)[C@@H]1O. The summed E-state index contributed by atoms with van der Waals surface area (Å²) in [5, 5.41) is 25.8. The monoisotopic (exact) mass is 493 g/mol. The van der Waals surface area contributed by atoms with Crippen molar-refractivity contribution < 1.29 is 24.5 Å². The number of carbonyl (C=O) groups excluding carboxylic acids is 2. The highest BCUT2D eigenvalue weighted by atomic mass is 16.5. The lowest BCUT2D eigenvalue weighted by atomic mass is 9.51. The molecule has 0 radical (unpaired) electrons. The van der Waals surface area contributed by atoms with Gasteiger partial charge in [-0.05, 0) is 55.2 Å². The van der Waals surface area contributed by atoms with E-state index in [-0.39, 0.29) is 29.7 Å². The highest BCUT2D eigenvalue weighted by Gasteiger charge is 2.68. The lowest BCUT2D eigenvalue weighted by molar-refractivity contribution is -0.166. The minimum Gasteiger partial charge on any atom is -0.457 e. The van der Waals surface area contributed by atoms with E-state index in [1.807, 2.05) is 49.4 Å². The van der Waals surface area contributed by atoms with Crippen molar-refractivity contribution in [1.82, 2.24) is 5.32 Å². The Balaban J connectivity index is 1.92. The Bertz CT molecular complexity index is 1060. The normalized spacial score (nSPS) is 41.4. The number of benzene rings is 1. The summed E-state index contributed by atoms with van der Waals surface area (Å²) in [7, 11) is 0. The standard InChI is InChI=1S/C30H39NO5/c1-18-10-9-13-23-27(33)20(3)19(2)26-24(16-22-11-7-6-8-12-22)31-28(34)30(23,26)25(36-21(4)32)14-15-29(5,35)17-18/h6-9,11-15,18-19,23-27,33,35H,3,10,16-17H2,1-2,4-5H3,(H,31,34)/b13-9+,15-14?/t18?,19-,23?,24+,25-,26?,27-,29+,30-/m1/s1. The van der Waals surface area contributed by atoms with E-state index >= 15 is 0 Å². The van der Waals surface area contributed by atoms with Crippen LogP contribution in [-0.4, -0.2) is 45.9 Å². The van der Waals surface area contributed by atoms with Crippen LogP contribution in [0.1, 0.15) is 46.1 Å². The fraction of sp³-hybridized carbons (Fsp3) is 0.533. The molecule has 0 aromatic heterocycles. The van der Waals surface area contributed by atoms with Crippen molar-refractivity contribution in [3.05, 3.63) is 72.4 Å². The highest BCUT2D eigenvalue weighted by Crippen LogP contribution is 2.58. The van der Waals surface area contributed by atoms with Crippen LogP contribution in [-0.2, 0) is 20.7 Å². The first-order valence-electron chi connectivity index (χ1n) is 12.9. The maximum absolute atomic E-state index is 14.2. The molecule has 1 saturated heterocycles. The molecule has 194 valence electrons. The number of rotatable bonds is 3. The van der Waals surface area contributed by atoms with E-state index in [4.69, 9.17) is 4.74 Å². The van der Waals surface area contributed by atoms with Gasteiger partial charge < -0.3 is 20.3 Å². The van der Waals surface area contributed by atoms with Gasteiger partial charge in [0.15, 0.2) is 0 Å². The molecule has 1 heterocycles. The van der Waals surface area contributed by atoms with Crippen LogP contribution in [0.15, 0.2) is 66.8 Å². The molecule has 36 heavy (non-hydrogen) atoms. The summed E-state index contributed by atoms with van der Waals surface area (Å²) < 4.78 is 5.89. The minimum atomic E-state index is -1.26. The Hall–Kier alpha value is -2.70. The summed E-state index contributed by atoms with van der Waals surface area (Å²) in [5.41, 5.74) is -0.635. The maximum Gasteiger partial charge on any atom is 0.303 e. The second-order valence-electron chi connectivity index (χ2n) is 11.3. The van der Waals surface area contributed by atoms with E-state index in [1.165, 1.54) is 6.92 Å². The third-order valence-electron chi connectivity index (χ3n) is 8.43. The van der Waals surface area contributed by atoms with E-state index in [1.54, 1.807) is 19.1 Å². The zero-order valence-corrected chi connectivity index (χ0v) is 21.7. The van der Waals surface area contributed by atoms with Gasteiger partial charge >= 0.3 is 5.97 Å². The van der Waals surface area contributed by atoms with E-state index < -0.39 is 35.1 Å². The number of nitrogens with one attached hydrogen (secondary N) is 1. The van der Waals surface area contributed by atoms with E-state index in [0.717, 1.165) is 5.56 Å². The Labute approximate surface area is 214 Å². The molecule has 6 nitrogen and oxygen atoms in total. The second kappa shape index (κ2) is 9.98. The molecule has 2 aliphatic carbocycles. The smallest absolute Gasteiger partial charge is 0.303 e. The molecule has 3 N–H and O–H groups in total. The molecule has 6 heteroatoms. The molecule has 4 rings (SSSR count). The number of carbonyl (C=O) groups is 2. The van der Waals surface area contributed by atoms with Crippen molar-refractivity contribution in [2.45, 2.75) is 70.8 Å². The summed E-state index contributed by atoms with van der Waals surface area (Å²) in [6.07, 6.45) is 7.09. The van der Waals surface area contributed by atoms with Gasteiger partial charge in [0, 0.05) is 24.8 Å². The van der Waals surface area contributed by atoms with Gasteiger partial charge in [0.25, 0.3) is 0 Å². The number of hydrogen-bond donors (Lipinski definition) is 3. The van der Waals surface area contributed by atoms with Crippen LogP contribution in [0.5, 0.6) is 0 Å². The van der Waals surface area contributed by atoms with E-state index in [0.29, 0.717) is 24.8 Å². The van der Waals surface area contributed by atoms with Gasteiger partial charge in [-0.1, -0.05) is 69.0 Å². The largest absolute Gasteiger partial charge is 0.457 e. The Morgan fingerprint density at radius 3 is 2.58 bits per heavy atom. The number of amides is 1. The van der Waals surface area contributed by atoms with Gasteiger partial charge in [0.1, 0.15) is 11.5 Å². The second-order valence-corrected chi connectivity index (χ2v) is 11.3. The summed E-state index contributed by atoms with van der Waals surface area (Å²) in [6.45, 7) is 11.3. The Morgan fingerprint density at radius 1 is 1.22 bits per heavy atom. The molecule has 1 aromatic rings. The molecule has 0 bridgehead atoms. The topological polar surface area (TPSA) is 95.9 Å². The summed E-state index contributed by atoms with van der Waals surface area (Å²) >= 11 is 0. The fourth-order valence-electron chi connectivity index (χ4n) is 6.90. The first-order chi connectivity index (χ1) is 17.0. The van der Waals surface area contributed by atoms with E-state index in [9.17, 15) is 19.8 Å². The lowest BCUT2D eigenvalue weighted by Crippen LogP contribution is -2.60. The number of esters is 1. The number of aliphatic hydroxyl groups is 2. The van der Waals surface area contributed by atoms with Gasteiger partial charge in [-0.15, -0.1) is 0 Å². The van der Waals surface area contributed by atoms with Crippen LogP contribution in [0.2, 0.25) is 0 Å². The van der Waals surface area contributed by atoms with Gasteiger partial charge in [-0.3, -0.25) is 9.59 Å². The molecule has 1 aromatic carbocycles. The average molecular weight is 494 g/mol. The van der Waals surface area contributed by atoms with Crippen LogP contribution in [0.3, 0.4) is 0 Å². The van der Waals surface area contributed by atoms with Crippen molar-refractivity contribution in [1.29, 1.82) is 0 Å². The summed E-state index contributed by atoms with van der Waals surface area (Å²) in [4.78, 5) is 26.5. The average Bonchev–Trinajstić information content (AvgIpc) is 3.08. The number of allylic oxidation sites excluding steroid dienone is 1. The van der Waals surface area contributed by atoms with Crippen LogP contribution in [0.25, 0.3) is 0 Å². The predicted molar refractivity (Wildman–Crippen MR) is 139 cm³/mol. The number of ether oxygens (including phenoxy) is 1. The first kappa shape index (κ1) is 26.4. The molecule has 1 amide bonds. The Kier molecular flexibility index (Phi) is 7.31. The molecule has 1 aliphatic heterocycles. The van der Waals surface area contributed by atoms with Crippen molar-refractivity contribution in [3.8, 4) is 0 Å². The molecule has 3 aliphatic rings. The molecule has 1 saturated carbocycles. The molecule has 1 spiro atoms. The summed E-state index contributed by atoms with van der Waals surface area (Å²) in [6, 6.07) is 9.73. The fourth-order valence-corrected chi connectivity index (χ4v) is 6.90. The highest BCUT2D eigenvalue weighted by molar-refractivity contribution is 5.89. The third kappa shape index (κ3) is 4.69. The quantitative estimate of drug-likeness (QED) is 0.440. The maximum atomic E-state index is 14.2. The van der Waals surface area contributed by atoms with Crippen molar-refractivity contribution >= 4 is 11.9 Å². The molecular weight excluding hydrogens is 454 g/mol. The zero-order valence-electron chi connectivity index (χ0n) is 21.7. The molecular formula is C30H39NO5. The van der Waals surface area contributed by atoms with Gasteiger partial charge in [-0.25, -0.2) is 0 Å². The van der Waals surface area contributed by atoms with Crippen LogP contribution in [0.4, 0.5) is 0 Å². The lowest BCUT2D eigenvalue weighted by Gasteiger charge is -2.52. The first-order valence-corrected chi connectivity index (χ1v) is 12.9. The van der Waals surface area contributed by atoms with Crippen LogP contribution >= 0.6 is 0 Å². The number of hydrogen-bond acceptors (Lipinski definition) is 5. The van der Waals surface area contributed by atoms with Crippen molar-refractivity contribution in [2.24, 2.45) is 29.1 Å². The van der Waals surface area contributed by atoms with Crippen LogP contribution < -0.4 is 5.32 Å².